The first-order valence-electron chi connectivity index (χ1n) is 10.2. The highest BCUT2D eigenvalue weighted by molar-refractivity contribution is 7.15. The van der Waals surface area contributed by atoms with E-state index in [0.717, 1.165) is 33.3 Å². The van der Waals surface area contributed by atoms with Crippen LogP contribution in [0.2, 0.25) is 0 Å². The highest BCUT2D eigenvalue weighted by atomic mass is 32.1. The van der Waals surface area contributed by atoms with Gasteiger partial charge in [0.2, 0.25) is 5.91 Å². The van der Waals surface area contributed by atoms with Gasteiger partial charge in [0.15, 0.2) is 5.13 Å². The summed E-state index contributed by atoms with van der Waals surface area (Å²) in [5, 5.41) is 6.88. The molecule has 0 aromatic carbocycles. The number of anilines is 3. The zero-order valence-corrected chi connectivity index (χ0v) is 18.7. The van der Waals surface area contributed by atoms with Crippen molar-refractivity contribution in [1.29, 1.82) is 0 Å². The van der Waals surface area contributed by atoms with Crippen LogP contribution in [0.5, 0.6) is 0 Å². The molecule has 3 aromatic rings. The minimum Gasteiger partial charge on any atom is -0.369 e. The van der Waals surface area contributed by atoms with Crippen LogP contribution in [0.25, 0.3) is 0 Å². The normalized spacial score (nSPS) is 16.8. The monoisotopic (exact) mass is 438 g/mol. The van der Waals surface area contributed by atoms with E-state index in [1.807, 2.05) is 45.0 Å². The maximum Gasteiger partial charge on any atom is 0.240 e. The molecule has 4 heterocycles. The molecule has 4 rings (SSSR count). The summed E-state index contributed by atoms with van der Waals surface area (Å²) in [6.07, 6.45) is 3.32. The molecule has 1 atom stereocenters. The topological polar surface area (TPSA) is 92.3 Å². The van der Waals surface area contributed by atoms with Crippen LogP contribution >= 0.6 is 11.3 Å². The van der Waals surface area contributed by atoms with Gasteiger partial charge in [-0.2, -0.15) is 0 Å². The minimum atomic E-state index is -0.200. The summed E-state index contributed by atoms with van der Waals surface area (Å²) in [4.78, 5) is 28.9. The van der Waals surface area contributed by atoms with E-state index in [1.165, 1.54) is 11.3 Å². The molecule has 3 aromatic heterocycles. The Morgan fingerprint density at radius 2 is 2.16 bits per heavy atom. The number of thiazole rings is 1. The van der Waals surface area contributed by atoms with Gasteiger partial charge < -0.3 is 15.4 Å². The van der Waals surface area contributed by atoms with Gasteiger partial charge in [-0.1, -0.05) is 6.07 Å². The number of carbonyl (C=O) groups is 1. The van der Waals surface area contributed by atoms with Gasteiger partial charge in [-0.3, -0.25) is 14.7 Å². The van der Waals surface area contributed by atoms with E-state index >= 15 is 0 Å². The number of aryl methyl sites for hydroxylation is 3. The van der Waals surface area contributed by atoms with Crippen molar-refractivity contribution in [2.75, 3.05) is 36.9 Å². The number of aromatic nitrogens is 3. The summed E-state index contributed by atoms with van der Waals surface area (Å²) in [6.45, 7) is 8.09. The van der Waals surface area contributed by atoms with E-state index in [-0.39, 0.29) is 12.0 Å². The van der Waals surface area contributed by atoms with Crippen LogP contribution in [0.1, 0.15) is 27.9 Å². The smallest absolute Gasteiger partial charge is 0.240 e. The second-order valence-corrected chi connectivity index (χ2v) is 8.87. The van der Waals surface area contributed by atoms with Crippen molar-refractivity contribution in [2.45, 2.75) is 26.9 Å². The zero-order valence-electron chi connectivity index (χ0n) is 17.9. The summed E-state index contributed by atoms with van der Waals surface area (Å²) in [6, 6.07) is 7.92. The number of nitrogens with one attached hydrogen (secondary N) is 2. The fourth-order valence-corrected chi connectivity index (χ4v) is 4.16. The lowest BCUT2D eigenvalue weighted by Gasteiger charge is -2.32. The van der Waals surface area contributed by atoms with E-state index in [2.05, 4.69) is 30.5 Å². The number of rotatable bonds is 6. The molecule has 162 valence electrons. The average molecular weight is 439 g/mol. The van der Waals surface area contributed by atoms with Crippen LogP contribution in [-0.4, -0.2) is 52.0 Å². The number of ether oxygens (including phenoxy) is 1. The first-order valence-corrected chi connectivity index (χ1v) is 11.0. The van der Waals surface area contributed by atoms with Crippen LogP contribution in [0.4, 0.5) is 16.6 Å². The summed E-state index contributed by atoms with van der Waals surface area (Å²) in [5.74, 6) is 0.750. The second kappa shape index (κ2) is 9.51. The highest BCUT2D eigenvalue weighted by Gasteiger charge is 2.25. The molecule has 31 heavy (non-hydrogen) atoms. The van der Waals surface area contributed by atoms with Gasteiger partial charge in [0.1, 0.15) is 11.9 Å². The molecular weight excluding hydrogens is 412 g/mol. The van der Waals surface area contributed by atoms with Crippen molar-refractivity contribution in [1.82, 2.24) is 19.9 Å². The van der Waals surface area contributed by atoms with Gasteiger partial charge in [-0.15, -0.1) is 11.3 Å². The van der Waals surface area contributed by atoms with E-state index in [4.69, 9.17) is 4.74 Å². The van der Waals surface area contributed by atoms with Gasteiger partial charge >= 0.3 is 0 Å². The van der Waals surface area contributed by atoms with Gasteiger partial charge in [-0.25, -0.2) is 9.97 Å². The third-order valence-electron chi connectivity index (χ3n) is 4.96. The zero-order chi connectivity index (χ0) is 21.8. The van der Waals surface area contributed by atoms with Crippen molar-refractivity contribution in [3.63, 3.8) is 0 Å². The maximum absolute atomic E-state index is 12.4. The molecule has 1 aliphatic heterocycles. The van der Waals surface area contributed by atoms with Gasteiger partial charge in [0.05, 0.1) is 18.8 Å². The Balaban J connectivity index is 1.42. The molecule has 0 radical (unpaired) electrons. The Kier molecular flexibility index (Phi) is 6.55. The third-order valence-corrected chi connectivity index (χ3v) is 5.79. The Labute approximate surface area is 185 Å². The molecule has 9 heteroatoms. The fourth-order valence-electron chi connectivity index (χ4n) is 3.48. The van der Waals surface area contributed by atoms with E-state index in [9.17, 15) is 4.79 Å². The highest BCUT2D eigenvalue weighted by Crippen LogP contribution is 2.26. The first kappa shape index (κ1) is 21.4. The van der Waals surface area contributed by atoms with E-state index < -0.39 is 0 Å². The Hall–Kier alpha value is -2.88. The maximum atomic E-state index is 12.4. The van der Waals surface area contributed by atoms with Crippen molar-refractivity contribution < 1.29 is 9.53 Å². The van der Waals surface area contributed by atoms with Crippen LogP contribution in [0, 0.1) is 20.8 Å². The lowest BCUT2D eigenvalue weighted by molar-refractivity contribution is -0.119. The molecule has 0 spiro atoms. The van der Waals surface area contributed by atoms with Crippen LogP contribution in [0.3, 0.4) is 0 Å². The molecule has 0 bridgehead atoms. The molecule has 2 N–H and O–H groups in total. The number of pyridine rings is 2. The van der Waals surface area contributed by atoms with Crippen LogP contribution < -0.4 is 10.6 Å². The Morgan fingerprint density at radius 3 is 2.94 bits per heavy atom. The predicted molar refractivity (Wildman–Crippen MR) is 122 cm³/mol. The molecule has 8 nitrogen and oxygen atoms in total. The van der Waals surface area contributed by atoms with Gasteiger partial charge in [0, 0.05) is 41.7 Å². The van der Waals surface area contributed by atoms with Crippen molar-refractivity contribution in [2.24, 2.45) is 0 Å². The molecule has 0 unspecified atom stereocenters. The molecule has 0 aliphatic carbocycles. The predicted octanol–water partition coefficient (Wildman–Crippen LogP) is 3.61. The van der Waals surface area contributed by atoms with Crippen molar-refractivity contribution in [3.05, 3.63) is 58.5 Å². The van der Waals surface area contributed by atoms with Crippen LogP contribution in [-0.2, 0) is 9.53 Å². The number of hydrogen-bond acceptors (Lipinski definition) is 8. The molecule has 0 saturated carbocycles. The first-order chi connectivity index (χ1) is 15.0. The summed E-state index contributed by atoms with van der Waals surface area (Å²) in [7, 11) is 0. The number of nitrogens with zero attached hydrogens (tertiary/aromatic N) is 4. The third kappa shape index (κ3) is 5.63. The summed E-state index contributed by atoms with van der Waals surface area (Å²) >= 11 is 1.47. The number of morpholine rings is 1. The van der Waals surface area contributed by atoms with Crippen molar-refractivity contribution >= 4 is 33.9 Å². The van der Waals surface area contributed by atoms with Gasteiger partial charge in [0.25, 0.3) is 0 Å². The second-order valence-electron chi connectivity index (χ2n) is 7.63. The summed E-state index contributed by atoms with van der Waals surface area (Å²) < 4.78 is 5.99. The molecule has 1 amide bonds. The average Bonchev–Trinajstić information content (AvgIpc) is 3.14. The van der Waals surface area contributed by atoms with E-state index in [0.29, 0.717) is 31.4 Å². The molecule has 1 fully saturated rings. The Morgan fingerprint density at radius 1 is 1.29 bits per heavy atom. The largest absolute Gasteiger partial charge is 0.369 e. The van der Waals surface area contributed by atoms with E-state index in [1.54, 1.807) is 12.4 Å². The molecule has 1 saturated heterocycles. The standard InChI is InChI=1S/C22H26N6O2S/c1-14-5-4-6-23-21(14)26-17-9-15(2)25-18(10-17)19-12-28(7-8-30-19)13-20(29)27-22-24-11-16(3)31-22/h4-6,9-11,19H,7-8,12-13H2,1-3H3,(H,23,25,26)(H,24,27,29)/t19-/m0/s1. The number of amides is 1. The lowest BCUT2D eigenvalue weighted by Crippen LogP contribution is -2.42. The molecule has 1 aliphatic rings. The molecular formula is C22H26N6O2S. The Bertz CT molecular complexity index is 1070. The summed E-state index contributed by atoms with van der Waals surface area (Å²) in [5.41, 5.74) is 3.73. The van der Waals surface area contributed by atoms with Crippen molar-refractivity contribution in [3.8, 4) is 0 Å². The lowest BCUT2D eigenvalue weighted by atomic mass is 10.1. The quantitative estimate of drug-likeness (QED) is 0.607. The SMILES string of the molecule is Cc1cc(Nc2ncccc2C)cc([C@@H]2CN(CC(=O)Nc3ncc(C)s3)CCO2)n1. The number of hydrogen-bond donors (Lipinski definition) is 2. The minimum absolute atomic E-state index is 0.0693. The fraction of sp³-hybridized carbons (Fsp3) is 0.364. The van der Waals surface area contributed by atoms with Gasteiger partial charge in [-0.05, 0) is 44.5 Å². The van der Waals surface area contributed by atoms with Crippen LogP contribution in [0.15, 0.2) is 36.7 Å². The number of carbonyl (C=O) groups excluding carboxylic acids is 1.